The molecule has 116 valence electrons. The van der Waals surface area contributed by atoms with Gasteiger partial charge in [0.2, 0.25) is 5.91 Å². The second-order valence-electron chi connectivity index (χ2n) is 4.87. The molecular weight excluding hydrogens is 302 g/mol. The molecule has 5 nitrogen and oxygen atoms in total. The van der Waals surface area contributed by atoms with E-state index in [1.807, 2.05) is 18.2 Å². The Morgan fingerprint density at radius 2 is 1.68 bits per heavy atom. The van der Waals surface area contributed by atoms with Gasteiger partial charge >= 0.3 is 0 Å². The van der Waals surface area contributed by atoms with Crippen LogP contribution in [0.1, 0.15) is 12.5 Å². The lowest BCUT2D eigenvalue weighted by atomic mass is 10.2. The van der Waals surface area contributed by atoms with Crippen LogP contribution in [0.4, 0.5) is 0 Å². The Hall–Kier alpha value is -2.34. The van der Waals surface area contributed by atoms with Crippen molar-refractivity contribution in [2.24, 2.45) is 5.73 Å². The third-order valence-electron chi connectivity index (χ3n) is 3.24. The molecule has 2 aromatic carbocycles. The molecular formula is C16H17NO4S. The van der Waals surface area contributed by atoms with Crippen molar-refractivity contribution < 1.29 is 17.9 Å². The van der Waals surface area contributed by atoms with Gasteiger partial charge in [0.05, 0.1) is 5.75 Å². The van der Waals surface area contributed by atoms with E-state index in [2.05, 4.69) is 0 Å². The molecule has 22 heavy (non-hydrogen) atoms. The summed E-state index contributed by atoms with van der Waals surface area (Å²) in [6, 6.07) is 15.9. The van der Waals surface area contributed by atoms with Crippen molar-refractivity contribution in [3.8, 4) is 11.5 Å². The number of hydrogen-bond acceptors (Lipinski definition) is 4. The van der Waals surface area contributed by atoms with Gasteiger partial charge < -0.3 is 10.5 Å². The molecule has 0 bridgehead atoms. The third kappa shape index (κ3) is 3.85. The van der Waals surface area contributed by atoms with Crippen LogP contribution in [0.5, 0.6) is 11.5 Å². The zero-order valence-electron chi connectivity index (χ0n) is 12.1. The summed E-state index contributed by atoms with van der Waals surface area (Å²) in [5.74, 6) is -0.120. The minimum Gasteiger partial charge on any atom is -0.457 e. The Morgan fingerprint density at radius 3 is 2.32 bits per heavy atom. The first-order valence-electron chi connectivity index (χ1n) is 6.72. The Kier molecular flexibility index (Phi) is 4.82. The number of ether oxygens (including phenoxy) is 1. The quantitative estimate of drug-likeness (QED) is 0.885. The normalized spacial score (nSPS) is 12.6. The molecule has 0 radical (unpaired) electrons. The maximum absolute atomic E-state index is 12.2. The molecule has 0 aliphatic carbocycles. The van der Waals surface area contributed by atoms with Crippen LogP contribution in [0.15, 0.2) is 54.6 Å². The van der Waals surface area contributed by atoms with Gasteiger partial charge in [-0.2, -0.15) is 0 Å². The van der Waals surface area contributed by atoms with E-state index in [9.17, 15) is 13.2 Å². The SMILES string of the molecule is C[C@H](C(N)=O)S(=O)(=O)Cc1ccccc1Oc1ccccc1. The molecule has 0 saturated carbocycles. The van der Waals surface area contributed by atoms with Crippen molar-refractivity contribution in [1.82, 2.24) is 0 Å². The smallest absolute Gasteiger partial charge is 0.235 e. The standard InChI is InChI=1S/C16H17NO4S/c1-12(16(17)18)22(19,20)11-13-7-5-6-10-15(13)21-14-8-3-2-4-9-14/h2-10,12H,11H2,1H3,(H2,17,18)/t12-/m1/s1. The Bertz CT molecular complexity index is 757. The van der Waals surface area contributed by atoms with Gasteiger partial charge in [0.25, 0.3) is 0 Å². The van der Waals surface area contributed by atoms with E-state index in [-0.39, 0.29) is 5.75 Å². The van der Waals surface area contributed by atoms with Crippen molar-refractivity contribution in [2.75, 3.05) is 0 Å². The molecule has 6 heteroatoms. The number of benzene rings is 2. The molecule has 0 unspecified atom stereocenters. The average Bonchev–Trinajstić information content (AvgIpc) is 2.49. The number of carbonyl (C=O) groups excluding carboxylic acids is 1. The summed E-state index contributed by atoms with van der Waals surface area (Å²) in [7, 11) is -3.68. The van der Waals surface area contributed by atoms with Crippen LogP contribution in [0, 0.1) is 0 Å². The summed E-state index contributed by atoms with van der Waals surface area (Å²) in [4.78, 5) is 11.1. The third-order valence-corrected chi connectivity index (χ3v) is 5.26. The first-order valence-corrected chi connectivity index (χ1v) is 8.43. The lowest BCUT2D eigenvalue weighted by Crippen LogP contribution is -2.34. The van der Waals surface area contributed by atoms with E-state index in [0.717, 1.165) is 0 Å². The molecule has 0 heterocycles. The van der Waals surface area contributed by atoms with Gasteiger partial charge in [0.15, 0.2) is 9.84 Å². The first kappa shape index (κ1) is 16.0. The molecule has 0 saturated heterocycles. The number of rotatable bonds is 6. The number of sulfone groups is 1. The first-order chi connectivity index (χ1) is 10.4. The second kappa shape index (κ2) is 6.62. The summed E-state index contributed by atoms with van der Waals surface area (Å²) in [6.45, 7) is 1.29. The fourth-order valence-electron chi connectivity index (χ4n) is 1.86. The highest BCUT2D eigenvalue weighted by Gasteiger charge is 2.27. The minimum atomic E-state index is -3.68. The molecule has 0 aromatic heterocycles. The molecule has 2 N–H and O–H groups in total. The Labute approximate surface area is 129 Å². The van der Waals surface area contributed by atoms with E-state index in [0.29, 0.717) is 17.1 Å². The number of primary amides is 1. The van der Waals surface area contributed by atoms with E-state index in [4.69, 9.17) is 10.5 Å². The highest BCUT2D eigenvalue weighted by atomic mass is 32.2. The largest absolute Gasteiger partial charge is 0.457 e. The maximum atomic E-state index is 12.2. The second-order valence-corrected chi connectivity index (χ2v) is 7.20. The number of nitrogens with two attached hydrogens (primary N) is 1. The number of carbonyl (C=O) groups is 1. The summed E-state index contributed by atoms with van der Waals surface area (Å²) >= 11 is 0. The van der Waals surface area contributed by atoms with Gasteiger partial charge in [-0.05, 0) is 25.1 Å². The minimum absolute atomic E-state index is 0.305. The zero-order valence-corrected chi connectivity index (χ0v) is 12.9. The van der Waals surface area contributed by atoms with Gasteiger partial charge in [-0.15, -0.1) is 0 Å². The number of hydrogen-bond donors (Lipinski definition) is 1. The molecule has 0 spiro atoms. The van der Waals surface area contributed by atoms with E-state index >= 15 is 0 Å². The van der Waals surface area contributed by atoms with Crippen LogP contribution >= 0.6 is 0 Å². The van der Waals surface area contributed by atoms with Crippen molar-refractivity contribution >= 4 is 15.7 Å². The predicted octanol–water partition coefficient (Wildman–Crippen LogP) is 2.27. The summed E-state index contributed by atoms with van der Waals surface area (Å²) in [5.41, 5.74) is 5.57. The predicted molar refractivity (Wildman–Crippen MR) is 84.2 cm³/mol. The fourth-order valence-corrected chi connectivity index (χ4v) is 3.13. The van der Waals surface area contributed by atoms with Gasteiger partial charge in [0, 0.05) is 5.56 Å². The Morgan fingerprint density at radius 1 is 1.09 bits per heavy atom. The van der Waals surface area contributed by atoms with Crippen molar-refractivity contribution in [3.05, 3.63) is 60.2 Å². The van der Waals surface area contributed by atoms with E-state index in [1.165, 1.54) is 6.92 Å². The van der Waals surface area contributed by atoms with Crippen molar-refractivity contribution in [3.63, 3.8) is 0 Å². The summed E-state index contributed by atoms with van der Waals surface area (Å²) in [6.07, 6.45) is 0. The fraction of sp³-hybridized carbons (Fsp3) is 0.188. The molecule has 0 fully saturated rings. The van der Waals surface area contributed by atoms with Gasteiger partial charge in [-0.25, -0.2) is 8.42 Å². The van der Waals surface area contributed by atoms with Gasteiger partial charge in [0.1, 0.15) is 16.7 Å². The van der Waals surface area contributed by atoms with Crippen LogP contribution in [-0.2, 0) is 20.4 Å². The highest BCUT2D eigenvalue weighted by Crippen LogP contribution is 2.27. The zero-order chi connectivity index (χ0) is 16.2. The molecule has 2 rings (SSSR count). The van der Waals surface area contributed by atoms with Crippen LogP contribution < -0.4 is 10.5 Å². The molecule has 1 amide bonds. The lowest BCUT2D eigenvalue weighted by molar-refractivity contribution is -0.117. The molecule has 1 atom stereocenters. The summed E-state index contributed by atoms with van der Waals surface area (Å²) < 4.78 is 30.1. The van der Waals surface area contributed by atoms with Crippen molar-refractivity contribution in [2.45, 2.75) is 17.9 Å². The van der Waals surface area contributed by atoms with Gasteiger partial charge in [-0.1, -0.05) is 36.4 Å². The van der Waals surface area contributed by atoms with E-state index in [1.54, 1.807) is 36.4 Å². The number of amides is 1. The van der Waals surface area contributed by atoms with Crippen LogP contribution in [0.3, 0.4) is 0 Å². The van der Waals surface area contributed by atoms with Crippen LogP contribution in [0.25, 0.3) is 0 Å². The summed E-state index contributed by atoms with van der Waals surface area (Å²) in [5, 5.41) is -1.24. The molecule has 0 aliphatic rings. The average molecular weight is 319 g/mol. The van der Waals surface area contributed by atoms with Crippen LogP contribution in [0.2, 0.25) is 0 Å². The van der Waals surface area contributed by atoms with Crippen LogP contribution in [-0.4, -0.2) is 19.6 Å². The molecule has 0 aliphatic heterocycles. The highest BCUT2D eigenvalue weighted by molar-refractivity contribution is 7.92. The Balaban J connectivity index is 2.28. The van der Waals surface area contributed by atoms with Crippen molar-refractivity contribution in [1.29, 1.82) is 0 Å². The monoisotopic (exact) mass is 319 g/mol. The number of para-hydroxylation sites is 2. The maximum Gasteiger partial charge on any atom is 0.235 e. The molecule has 2 aromatic rings. The topological polar surface area (TPSA) is 86.5 Å². The van der Waals surface area contributed by atoms with E-state index < -0.39 is 21.0 Å². The van der Waals surface area contributed by atoms with Gasteiger partial charge in [-0.3, -0.25) is 4.79 Å². The lowest BCUT2D eigenvalue weighted by Gasteiger charge is -2.13.